The van der Waals surface area contributed by atoms with E-state index in [-0.39, 0.29) is 0 Å². The molecule has 86 valence electrons. The Balaban J connectivity index is 3.87. The number of hydrogen-bond donors (Lipinski definition) is 1. The van der Waals surface area contributed by atoms with E-state index < -0.39 is 0 Å². The van der Waals surface area contributed by atoms with Crippen molar-refractivity contribution in [1.82, 2.24) is 5.32 Å². The van der Waals surface area contributed by atoms with Crippen molar-refractivity contribution in [2.45, 2.75) is 78.8 Å². The van der Waals surface area contributed by atoms with Gasteiger partial charge in [0.1, 0.15) is 0 Å². The summed E-state index contributed by atoms with van der Waals surface area (Å²) in [5.41, 5.74) is 0. The van der Waals surface area contributed by atoms with Crippen LogP contribution in [0.25, 0.3) is 0 Å². The summed E-state index contributed by atoms with van der Waals surface area (Å²) in [7, 11) is 0. The highest BCUT2D eigenvalue weighted by molar-refractivity contribution is 4.74. The van der Waals surface area contributed by atoms with Gasteiger partial charge in [0, 0.05) is 12.1 Å². The lowest BCUT2D eigenvalue weighted by Gasteiger charge is -2.26. The van der Waals surface area contributed by atoms with E-state index in [4.69, 9.17) is 0 Å². The molecule has 0 heterocycles. The molecule has 1 nitrogen and oxygen atoms in total. The minimum absolute atomic E-state index is 0.670. The molecule has 0 saturated heterocycles. The van der Waals surface area contributed by atoms with Crippen molar-refractivity contribution in [1.29, 1.82) is 0 Å². The Morgan fingerprint density at radius 3 is 1.79 bits per heavy atom. The van der Waals surface area contributed by atoms with Gasteiger partial charge in [-0.15, -0.1) is 0 Å². The molecule has 1 heteroatoms. The first-order valence-electron chi connectivity index (χ1n) is 6.41. The lowest BCUT2D eigenvalue weighted by molar-refractivity contribution is 0.324. The molecule has 0 aliphatic heterocycles. The van der Waals surface area contributed by atoms with Gasteiger partial charge in [0.05, 0.1) is 0 Å². The van der Waals surface area contributed by atoms with Gasteiger partial charge in [-0.25, -0.2) is 0 Å². The lowest BCUT2D eigenvalue weighted by Crippen LogP contribution is -2.40. The van der Waals surface area contributed by atoms with Gasteiger partial charge in [0.2, 0.25) is 0 Å². The summed E-state index contributed by atoms with van der Waals surface area (Å²) in [5.74, 6) is 0.797. The Morgan fingerprint density at radius 2 is 1.43 bits per heavy atom. The second-order valence-corrected chi connectivity index (χ2v) is 4.62. The van der Waals surface area contributed by atoms with Crippen LogP contribution in [0.2, 0.25) is 0 Å². The van der Waals surface area contributed by atoms with E-state index in [0.29, 0.717) is 6.04 Å². The Bertz CT molecular complexity index is 116. The van der Waals surface area contributed by atoms with Crippen molar-refractivity contribution in [3.05, 3.63) is 0 Å². The molecule has 0 saturated carbocycles. The van der Waals surface area contributed by atoms with Gasteiger partial charge in [0.15, 0.2) is 0 Å². The Morgan fingerprint density at radius 1 is 0.929 bits per heavy atom. The fourth-order valence-corrected chi connectivity index (χ4v) is 1.90. The molecular formula is C13H29N. The van der Waals surface area contributed by atoms with E-state index in [9.17, 15) is 0 Å². The molecule has 2 unspecified atom stereocenters. The van der Waals surface area contributed by atoms with E-state index in [1.165, 1.54) is 32.1 Å². The first-order chi connectivity index (χ1) is 6.65. The highest BCUT2D eigenvalue weighted by Crippen LogP contribution is 2.11. The van der Waals surface area contributed by atoms with Crippen LogP contribution in [0.5, 0.6) is 0 Å². The summed E-state index contributed by atoms with van der Waals surface area (Å²) in [4.78, 5) is 0. The monoisotopic (exact) mass is 199 g/mol. The molecule has 0 aliphatic rings. The average Bonchev–Trinajstić information content (AvgIpc) is 2.17. The zero-order valence-electron chi connectivity index (χ0n) is 10.8. The normalized spacial score (nSPS) is 15.9. The van der Waals surface area contributed by atoms with Crippen LogP contribution in [0.4, 0.5) is 0 Å². The topological polar surface area (TPSA) is 12.0 Å². The molecule has 0 aromatic rings. The third-order valence-electron chi connectivity index (χ3n) is 3.27. The molecule has 0 fully saturated rings. The van der Waals surface area contributed by atoms with Gasteiger partial charge < -0.3 is 5.32 Å². The fourth-order valence-electron chi connectivity index (χ4n) is 1.90. The number of rotatable bonds is 8. The van der Waals surface area contributed by atoms with Gasteiger partial charge in [0.25, 0.3) is 0 Å². The van der Waals surface area contributed by atoms with Crippen LogP contribution >= 0.6 is 0 Å². The molecular weight excluding hydrogens is 170 g/mol. The van der Waals surface area contributed by atoms with Crippen molar-refractivity contribution >= 4 is 0 Å². The second-order valence-electron chi connectivity index (χ2n) is 4.62. The first kappa shape index (κ1) is 14.0. The minimum Gasteiger partial charge on any atom is -0.311 e. The summed E-state index contributed by atoms with van der Waals surface area (Å²) < 4.78 is 0. The predicted molar refractivity (Wildman–Crippen MR) is 65.7 cm³/mol. The second kappa shape index (κ2) is 8.28. The SMILES string of the molecule is CCCC(CCC)NC(C)C(C)CC. The van der Waals surface area contributed by atoms with Crippen LogP contribution in [-0.4, -0.2) is 12.1 Å². The van der Waals surface area contributed by atoms with Crippen LogP contribution in [0.1, 0.15) is 66.7 Å². The first-order valence-corrected chi connectivity index (χ1v) is 6.41. The minimum atomic E-state index is 0.670. The third-order valence-corrected chi connectivity index (χ3v) is 3.27. The quantitative estimate of drug-likeness (QED) is 0.623. The van der Waals surface area contributed by atoms with Gasteiger partial charge in [-0.3, -0.25) is 0 Å². The lowest BCUT2D eigenvalue weighted by atomic mass is 9.98. The van der Waals surface area contributed by atoms with Gasteiger partial charge in [-0.1, -0.05) is 47.0 Å². The number of nitrogens with one attached hydrogen (secondary N) is 1. The fraction of sp³-hybridized carbons (Fsp3) is 1.00. The molecule has 0 aromatic heterocycles. The standard InChI is InChI=1S/C13H29N/c1-6-9-13(10-7-2)14-12(5)11(4)8-3/h11-14H,6-10H2,1-5H3. The smallest absolute Gasteiger partial charge is 0.00694 e. The van der Waals surface area contributed by atoms with Crippen molar-refractivity contribution in [2.24, 2.45) is 5.92 Å². The summed E-state index contributed by atoms with van der Waals surface area (Å²) in [6.45, 7) is 11.5. The molecule has 14 heavy (non-hydrogen) atoms. The molecule has 0 rings (SSSR count). The maximum Gasteiger partial charge on any atom is 0.00694 e. The highest BCUT2D eigenvalue weighted by atomic mass is 14.9. The van der Waals surface area contributed by atoms with Crippen molar-refractivity contribution in [3.63, 3.8) is 0 Å². The zero-order valence-corrected chi connectivity index (χ0v) is 10.8. The largest absolute Gasteiger partial charge is 0.311 e. The predicted octanol–water partition coefficient (Wildman–Crippen LogP) is 3.98. The average molecular weight is 199 g/mol. The van der Waals surface area contributed by atoms with Crippen molar-refractivity contribution < 1.29 is 0 Å². The molecule has 1 N–H and O–H groups in total. The molecule has 0 bridgehead atoms. The van der Waals surface area contributed by atoms with E-state index in [0.717, 1.165) is 12.0 Å². The Kier molecular flexibility index (Phi) is 8.26. The van der Waals surface area contributed by atoms with Crippen molar-refractivity contribution in [3.8, 4) is 0 Å². The van der Waals surface area contributed by atoms with E-state index in [1.54, 1.807) is 0 Å². The maximum atomic E-state index is 3.77. The van der Waals surface area contributed by atoms with E-state index in [2.05, 4.69) is 39.9 Å². The zero-order chi connectivity index (χ0) is 11.0. The third kappa shape index (κ3) is 5.64. The maximum absolute atomic E-state index is 3.77. The van der Waals surface area contributed by atoms with E-state index in [1.807, 2.05) is 0 Å². The van der Waals surface area contributed by atoms with Crippen LogP contribution in [0, 0.1) is 5.92 Å². The molecule has 0 aromatic carbocycles. The molecule has 2 atom stereocenters. The summed E-state index contributed by atoms with van der Waals surface area (Å²) in [6.07, 6.45) is 6.53. The van der Waals surface area contributed by atoms with Gasteiger partial charge >= 0.3 is 0 Å². The summed E-state index contributed by atoms with van der Waals surface area (Å²) in [5, 5.41) is 3.77. The Hall–Kier alpha value is -0.0400. The van der Waals surface area contributed by atoms with Gasteiger partial charge in [-0.2, -0.15) is 0 Å². The highest BCUT2D eigenvalue weighted by Gasteiger charge is 2.14. The molecule has 0 aliphatic carbocycles. The molecule has 0 spiro atoms. The summed E-state index contributed by atoms with van der Waals surface area (Å²) >= 11 is 0. The van der Waals surface area contributed by atoms with Crippen LogP contribution < -0.4 is 5.32 Å². The Labute approximate surface area is 90.7 Å². The summed E-state index contributed by atoms with van der Waals surface area (Å²) in [6, 6.07) is 1.41. The molecule has 0 radical (unpaired) electrons. The van der Waals surface area contributed by atoms with Crippen LogP contribution in [-0.2, 0) is 0 Å². The van der Waals surface area contributed by atoms with Crippen LogP contribution in [0.15, 0.2) is 0 Å². The van der Waals surface area contributed by atoms with Crippen molar-refractivity contribution in [2.75, 3.05) is 0 Å². The van der Waals surface area contributed by atoms with E-state index >= 15 is 0 Å². The molecule has 0 amide bonds. The van der Waals surface area contributed by atoms with Crippen LogP contribution in [0.3, 0.4) is 0 Å². The number of hydrogen-bond acceptors (Lipinski definition) is 1. The van der Waals surface area contributed by atoms with Gasteiger partial charge in [-0.05, 0) is 25.7 Å².